The van der Waals surface area contributed by atoms with E-state index in [1.807, 2.05) is 0 Å². The SMILES string of the molecule is CC(C)(O)C#Cc1cccc(F)c1. The predicted octanol–water partition coefficient (Wildman–Crippen LogP) is 1.95. The van der Waals surface area contributed by atoms with Crippen molar-refractivity contribution in [2.75, 3.05) is 0 Å². The molecule has 0 saturated heterocycles. The van der Waals surface area contributed by atoms with Gasteiger partial charge in [0, 0.05) is 5.56 Å². The summed E-state index contributed by atoms with van der Waals surface area (Å²) >= 11 is 0. The Morgan fingerprint density at radius 3 is 2.62 bits per heavy atom. The molecule has 1 rings (SSSR count). The second kappa shape index (κ2) is 3.59. The van der Waals surface area contributed by atoms with Crippen LogP contribution in [0.15, 0.2) is 24.3 Å². The maximum Gasteiger partial charge on any atom is 0.124 e. The van der Waals surface area contributed by atoms with E-state index in [1.54, 1.807) is 26.0 Å². The Labute approximate surface area is 77.2 Å². The summed E-state index contributed by atoms with van der Waals surface area (Å²) in [5.74, 6) is 4.97. The molecule has 1 aromatic carbocycles. The van der Waals surface area contributed by atoms with Gasteiger partial charge in [0.25, 0.3) is 0 Å². The van der Waals surface area contributed by atoms with Gasteiger partial charge in [0.15, 0.2) is 0 Å². The summed E-state index contributed by atoms with van der Waals surface area (Å²) in [4.78, 5) is 0. The van der Waals surface area contributed by atoms with Crippen molar-refractivity contribution in [1.29, 1.82) is 0 Å². The minimum absolute atomic E-state index is 0.317. The molecule has 68 valence electrons. The molecule has 1 nitrogen and oxygen atoms in total. The number of benzene rings is 1. The molecule has 0 unspecified atom stereocenters. The lowest BCUT2D eigenvalue weighted by Crippen LogP contribution is -2.14. The molecule has 0 fully saturated rings. The quantitative estimate of drug-likeness (QED) is 0.602. The molecule has 0 aromatic heterocycles. The van der Waals surface area contributed by atoms with Gasteiger partial charge in [-0.15, -0.1) is 0 Å². The largest absolute Gasteiger partial charge is 0.378 e. The van der Waals surface area contributed by atoms with E-state index < -0.39 is 5.60 Å². The van der Waals surface area contributed by atoms with Crippen LogP contribution in [0.3, 0.4) is 0 Å². The van der Waals surface area contributed by atoms with Gasteiger partial charge in [-0.3, -0.25) is 0 Å². The van der Waals surface area contributed by atoms with E-state index in [-0.39, 0.29) is 5.82 Å². The Balaban J connectivity index is 2.90. The Morgan fingerprint density at radius 1 is 1.38 bits per heavy atom. The first-order valence-corrected chi connectivity index (χ1v) is 3.98. The van der Waals surface area contributed by atoms with Crippen molar-refractivity contribution in [1.82, 2.24) is 0 Å². The van der Waals surface area contributed by atoms with Crippen molar-refractivity contribution in [3.05, 3.63) is 35.6 Å². The number of hydrogen-bond acceptors (Lipinski definition) is 1. The molecule has 0 saturated carbocycles. The van der Waals surface area contributed by atoms with Crippen LogP contribution < -0.4 is 0 Å². The molecule has 0 aliphatic carbocycles. The second-order valence-corrected chi connectivity index (χ2v) is 3.32. The topological polar surface area (TPSA) is 20.2 Å². The van der Waals surface area contributed by atoms with Crippen LogP contribution in [-0.2, 0) is 0 Å². The Bertz CT molecular complexity index is 352. The minimum Gasteiger partial charge on any atom is -0.378 e. The average Bonchev–Trinajstić information content (AvgIpc) is 2.00. The molecule has 0 amide bonds. The third kappa shape index (κ3) is 3.73. The van der Waals surface area contributed by atoms with E-state index in [0.29, 0.717) is 5.56 Å². The molecule has 2 heteroatoms. The summed E-state index contributed by atoms with van der Waals surface area (Å²) in [7, 11) is 0. The van der Waals surface area contributed by atoms with Crippen molar-refractivity contribution in [2.24, 2.45) is 0 Å². The summed E-state index contributed by atoms with van der Waals surface area (Å²) in [6.45, 7) is 3.17. The van der Waals surface area contributed by atoms with Crippen molar-refractivity contribution in [3.63, 3.8) is 0 Å². The third-order valence-electron chi connectivity index (χ3n) is 1.34. The molecule has 0 bridgehead atoms. The fourth-order valence-electron chi connectivity index (χ4n) is 0.791. The molecule has 0 spiro atoms. The predicted molar refractivity (Wildman–Crippen MR) is 49.6 cm³/mol. The lowest BCUT2D eigenvalue weighted by molar-refractivity contribution is 0.143. The van der Waals surface area contributed by atoms with E-state index in [9.17, 15) is 9.50 Å². The van der Waals surface area contributed by atoms with Crippen LogP contribution in [-0.4, -0.2) is 10.7 Å². The van der Waals surface area contributed by atoms with E-state index in [4.69, 9.17) is 0 Å². The van der Waals surface area contributed by atoms with Gasteiger partial charge in [-0.25, -0.2) is 4.39 Å². The Morgan fingerprint density at radius 2 is 2.08 bits per heavy atom. The Kier molecular flexibility index (Phi) is 2.69. The van der Waals surface area contributed by atoms with Gasteiger partial charge < -0.3 is 5.11 Å². The highest BCUT2D eigenvalue weighted by Gasteiger charge is 2.05. The fraction of sp³-hybridized carbons (Fsp3) is 0.273. The highest BCUT2D eigenvalue weighted by Crippen LogP contribution is 2.03. The zero-order chi connectivity index (χ0) is 9.90. The lowest BCUT2D eigenvalue weighted by Gasteiger charge is -2.05. The van der Waals surface area contributed by atoms with Crippen molar-refractivity contribution >= 4 is 0 Å². The van der Waals surface area contributed by atoms with E-state index in [1.165, 1.54) is 12.1 Å². The standard InChI is InChI=1S/C11H11FO/c1-11(2,13)7-6-9-4-3-5-10(12)8-9/h3-5,8,13H,1-2H3. The summed E-state index contributed by atoms with van der Waals surface area (Å²) in [6.07, 6.45) is 0. The van der Waals surface area contributed by atoms with Gasteiger partial charge in [0.2, 0.25) is 0 Å². The molecule has 0 aliphatic heterocycles. The zero-order valence-corrected chi connectivity index (χ0v) is 7.63. The Hall–Kier alpha value is -1.33. The molecular formula is C11H11FO. The molecule has 0 atom stereocenters. The number of hydrogen-bond donors (Lipinski definition) is 1. The maximum absolute atomic E-state index is 12.7. The molecule has 0 heterocycles. The van der Waals surface area contributed by atoms with Gasteiger partial charge >= 0.3 is 0 Å². The zero-order valence-electron chi connectivity index (χ0n) is 7.63. The van der Waals surface area contributed by atoms with Crippen LogP contribution in [0, 0.1) is 17.7 Å². The molecule has 0 radical (unpaired) electrons. The molecule has 1 aromatic rings. The normalized spacial score (nSPS) is 10.5. The van der Waals surface area contributed by atoms with Crippen LogP contribution in [0.1, 0.15) is 19.4 Å². The van der Waals surface area contributed by atoms with Crippen molar-refractivity contribution in [2.45, 2.75) is 19.4 Å². The van der Waals surface area contributed by atoms with E-state index in [2.05, 4.69) is 11.8 Å². The highest BCUT2D eigenvalue weighted by atomic mass is 19.1. The second-order valence-electron chi connectivity index (χ2n) is 3.32. The number of rotatable bonds is 0. The van der Waals surface area contributed by atoms with Crippen molar-refractivity contribution < 1.29 is 9.50 Å². The van der Waals surface area contributed by atoms with E-state index in [0.717, 1.165) is 0 Å². The third-order valence-corrected chi connectivity index (χ3v) is 1.34. The first kappa shape index (κ1) is 9.76. The fourth-order valence-corrected chi connectivity index (χ4v) is 0.791. The average molecular weight is 178 g/mol. The summed E-state index contributed by atoms with van der Waals surface area (Å²) in [5.41, 5.74) is -0.464. The first-order chi connectivity index (χ1) is 5.97. The molecule has 13 heavy (non-hydrogen) atoms. The van der Waals surface area contributed by atoms with Gasteiger partial charge in [-0.1, -0.05) is 17.9 Å². The van der Waals surface area contributed by atoms with Crippen LogP contribution >= 0.6 is 0 Å². The number of aliphatic hydroxyl groups is 1. The van der Waals surface area contributed by atoms with Gasteiger partial charge in [-0.2, -0.15) is 0 Å². The first-order valence-electron chi connectivity index (χ1n) is 3.98. The van der Waals surface area contributed by atoms with Crippen LogP contribution in [0.5, 0.6) is 0 Å². The number of halogens is 1. The molecule has 1 N–H and O–H groups in total. The summed E-state index contributed by atoms with van der Waals surface area (Å²) < 4.78 is 12.7. The molecular weight excluding hydrogens is 167 g/mol. The summed E-state index contributed by atoms with van der Waals surface area (Å²) in [5, 5.41) is 9.28. The smallest absolute Gasteiger partial charge is 0.124 e. The van der Waals surface area contributed by atoms with Crippen LogP contribution in [0.2, 0.25) is 0 Å². The lowest BCUT2D eigenvalue weighted by atomic mass is 10.1. The highest BCUT2D eigenvalue weighted by molar-refractivity contribution is 5.35. The summed E-state index contributed by atoms with van der Waals surface area (Å²) in [6, 6.07) is 5.97. The van der Waals surface area contributed by atoms with Crippen LogP contribution in [0.25, 0.3) is 0 Å². The van der Waals surface area contributed by atoms with Gasteiger partial charge in [-0.05, 0) is 32.0 Å². The van der Waals surface area contributed by atoms with Gasteiger partial charge in [0.05, 0.1) is 0 Å². The molecule has 0 aliphatic rings. The van der Waals surface area contributed by atoms with Crippen molar-refractivity contribution in [3.8, 4) is 11.8 Å². The van der Waals surface area contributed by atoms with E-state index >= 15 is 0 Å². The maximum atomic E-state index is 12.7. The monoisotopic (exact) mass is 178 g/mol. The van der Waals surface area contributed by atoms with Crippen LogP contribution in [0.4, 0.5) is 4.39 Å². The van der Waals surface area contributed by atoms with Gasteiger partial charge in [0.1, 0.15) is 11.4 Å². The minimum atomic E-state index is -1.04.